The van der Waals surface area contributed by atoms with E-state index in [4.69, 9.17) is 4.74 Å². The van der Waals surface area contributed by atoms with E-state index in [9.17, 15) is 9.59 Å². The number of carbonyl (C=O) groups excluding carboxylic acids is 2. The van der Waals surface area contributed by atoms with Crippen molar-refractivity contribution in [3.8, 4) is 0 Å². The average molecular weight is 356 g/mol. The Morgan fingerprint density at radius 1 is 1.31 bits per heavy atom. The SMILES string of the molecule is Cc1cc2cc(CNC(=O)N3CCC[C@@]4(CC3)CNC(=O)O4)ccc2[nH]1. The molecule has 0 saturated carbocycles. The van der Waals surface area contributed by atoms with Crippen LogP contribution in [0, 0.1) is 6.92 Å². The Labute approximate surface area is 152 Å². The van der Waals surface area contributed by atoms with Gasteiger partial charge in [-0.1, -0.05) is 6.07 Å². The highest BCUT2D eigenvalue weighted by atomic mass is 16.6. The minimum atomic E-state index is -0.441. The summed E-state index contributed by atoms with van der Waals surface area (Å²) in [6.07, 6.45) is 1.95. The number of rotatable bonds is 2. The summed E-state index contributed by atoms with van der Waals surface area (Å²) in [4.78, 5) is 29.0. The van der Waals surface area contributed by atoms with E-state index >= 15 is 0 Å². The van der Waals surface area contributed by atoms with Crippen LogP contribution in [0.4, 0.5) is 9.59 Å². The molecule has 1 aromatic heterocycles. The van der Waals surface area contributed by atoms with Crippen LogP contribution in [0.1, 0.15) is 30.5 Å². The molecule has 1 aromatic carbocycles. The molecule has 0 unspecified atom stereocenters. The molecular formula is C19H24N4O3. The van der Waals surface area contributed by atoms with Gasteiger partial charge in [0.05, 0.1) is 6.54 Å². The maximum absolute atomic E-state index is 12.5. The molecule has 2 aromatic rings. The fraction of sp³-hybridized carbons (Fsp3) is 0.474. The van der Waals surface area contributed by atoms with Crippen LogP contribution in [-0.4, -0.2) is 47.2 Å². The third-order valence-corrected chi connectivity index (χ3v) is 5.31. The van der Waals surface area contributed by atoms with Crippen LogP contribution < -0.4 is 10.6 Å². The van der Waals surface area contributed by atoms with Gasteiger partial charge in [-0.3, -0.25) is 0 Å². The van der Waals surface area contributed by atoms with Gasteiger partial charge in [-0.25, -0.2) is 9.59 Å². The molecule has 138 valence electrons. The van der Waals surface area contributed by atoms with Gasteiger partial charge >= 0.3 is 12.1 Å². The molecule has 2 fully saturated rings. The standard InChI is InChI=1S/C19H24N4O3/c1-13-9-15-10-14(3-4-16(15)22-13)11-20-17(24)23-7-2-5-19(6-8-23)12-21-18(25)26-19/h3-4,9-10,22H,2,5-8,11-12H2,1H3,(H,20,24)(H,21,25)/t19-/m1/s1. The molecule has 0 radical (unpaired) electrons. The average Bonchev–Trinajstić information content (AvgIpc) is 3.09. The highest BCUT2D eigenvalue weighted by Gasteiger charge is 2.41. The maximum atomic E-state index is 12.5. The van der Waals surface area contributed by atoms with Crippen molar-refractivity contribution in [3.63, 3.8) is 0 Å². The molecule has 1 spiro atoms. The van der Waals surface area contributed by atoms with Crippen molar-refractivity contribution in [1.29, 1.82) is 0 Å². The van der Waals surface area contributed by atoms with E-state index in [-0.39, 0.29) is 12.1 Å². The molecule has 0 aliphatic carbocycles. The Bertz CT molecular complexity index is 846. The van der Waals surface area contributed by atoms with E-state index in [1.54, 1.807) is 0 Å². The number of fused-ring (bicyclic) bond motifs is 1. The first-order valence-electron chi connectivity index (χ1n) is 9.11. The van der Waals surface area contributed by atoms with Gasteiger partial charge in [-0.05, 0) is 48.9 Å². The Balaban J connectivity index is 1.34. The van der Waals surface area contributed by atoms with Gasteiger partial charge in [0, 0.05) is 37.3 Å². The third-order valence-electron chi connectivity index (χ3n) is 5.31. The maximum Gasteiger partial charge on any atom is 0.407 e. The Morgan fingerprint density at radius 3 is 3.00 bits per heavy atom. The van der Waals surface area contributed by atoms with Crippen molar-refractivity contribution in [3.05, 3.63) is 35.5 Å². The number of amides is 3. The topological polar surface area (TPSA) is 86.5 Å². The van der Waals surface area contributed by atoms with Crippen LogP contribution >= 0.6 is 0 Å². The van der Waals surface area contributed by atoms with E-state index < -0.39 is 5.60 Å². The van der Waals surface area contributed by atoms with Crippen molar-refractivity contribution >= 4 is 23.0 Å². The highest BCUT2D eigenvalue weighted by molar-refractivity contribution is 5.81. The van der Waals surface area contributed by atoms with Crippen molar-refractivity contribution in [2.24, 2.45) is 0 Å². The van der Waals surface area contributed by atoms with Gasteiger partial charge in [-0.2, -0.15) is 0 Å². The van der Waals surface area contributed by atoms with Crippen molar-refractivity contribution in [1.82, 2.24) is 20.5 Å². The van der Waals surface area contributed by atoms with E-state index in [1.807, 2.05) is 24.0 Å². The van der Waals surface area contributed by atoms with Gasteiger partial charge in [-0.15, -0.1) is 0 Å². The minimum absolute atomic E-state index is 0.0651. The summed E-state index contributed by atoms with van der Waals surface area (Å²) in [5.41, 5.74) is 2.87. The van der Waals surface area contributed by atoms with Crippen LogP contribution in [0.5, 0.6) is 0 Å². The van der Waals surface area contributed by atoms with Gasteiger partial charge in [0.15, 0.2) is 0 Å². The van der Waals surface area contributed by atoms with E-state index in [1.165, 1.54) is 0 Å². The first-order chi connectivity index (χ1) is 12.5. The van der Waals surface area contributed by atoms with E-state index in [0.717, 1.165) is 35.0 Å². The summed E-state index contributed by atoms with van der Waals surface area (Å²) in [6, 6.07) is 8.21. The largest absolute Gasteiger partial charge is 0.441 e. The van der Waals surface area contributed by atoms with Gasteiger partial charge < -0.3 is 25.3 Å². The zero-order valence-electron chi connectivity index (χ0n) is 14.9. The van der Waals surface area contributed by atoms with Crippen molar-refractivity contribution < 1.29 is 14.3 Å². The summed E-state index contributed by atoms with van der Waals surface area (Å²) in [5.74, 6) is 0. The van der Waals surface area contributed by atoms with E-state index in [2.05, 4.69) is 27.8 Å². The number of urea groups is 1. The zero-order chi connectivity index (χ0) is 18.1. The number of benzene rings is 1. The molecule has 2 saturated heterocycles. The fourth-order valence-electron chi connectivity index (χ4n) is 3.88. The van der Waals surface area contributed by atoms with Crippen LogP contribution in [0.15, 0.2) is 24.3 Å². The molecule has 26 heavy (non-hydrogen) atoms. The fourth-order valence-corrected chi connectivity index (χ4v) is 3.88. The lowest BCUT2D eigenvalue weighted by Gasteiger charge is -2.25. The summed E-state index contributed by atoms with van der Waals surface area (Å²) < 4.78 is 5.46. The molecule has 3 amide bonds. The van der Waals surface area contributed by atoms with Gasteiger partial charge in [0.2, 0.25) is 0 Å². The molecule has 1 atom stereocenters. The summed E-state index contributed by atoms with van der Waals surface area (Å²) in [5, 5.41) is 6.90. The number of nitrogens with zero attached hydrogens (tertiary/aromatic N) is 1. The normalized spacial score (nSPS) is 23.0. The number of alkyl carbamates (subject to hydrolysis) is 1. The molecule has 0 bridgehead atoms. The highest BCUT2D eigenvalue weighted by Crippen LogP contribution is 2.29. The number of ether oxygens (including phenoxy) is 1. The van der Waals surface area contributed by atoms with Crippen LogP contribution in [0.25, 0.3) is 10.9 Å². The summed E-state index contributed by atoms with van der Waals surface area (Å²) >= 11 is 0. The lowest BCUT2D eigenvalue weighted by Crippen LogP contribution is -2.41. The monoisotopic (exact) mass is 356 g/mol. The first kappa shape index (κ1) is 16.8. The molecule has 7 nitrogen and oxygen atoms in total. The number of aromatic nitrogens is 1. The number of aryl methyl sites for hydroxylation is 1. The molecular weight excluding hydrogens is 332 g/mol. The number of hydrogen-bond donors (Lipinski definition) is 3. The lowest BCUT2D eigenvalue weighted by atomic mass is 9.95. The third kappa shape index (κ3) is 3.34. The van der Waals surface area contributed by atoms with Gasteiger partial charge in [0.1, 0.15) is 5.60 Å². The Kier molecular flexibility index (Phi) is 4.22. The molecule has 4 rings (SSSR count). The summed E-state index contributed by atoms with van der Waals surface area (Å²) in [6.45, 7) is 4.34. The van der Waals surface area contributed by atoms with Crippen molar-refractivity contribution in [2.75, 3.05) is 19.6 Å². The Morgan fingerprint density at radius 2 is 2.19 bits per heavy atom. The molecule has 2 aliphatic heterocycles. The minimum Gasteiger partial charge on any atom is -0.441 e. The number of hydrogen-bond acceptors (Lipinski definition) is 3. The molecule has 2 aliphatic rings. The molecule has 7 heteroatoms. The predicted octanol–water partition coefficient (Wildman–Crippen LogP) is 2.65. The quantitative estimate of drug-likeness (QED) is 0.773. The smallest absolute Gasteiger partial charge is 0.407 e. The lowest BCUT2D eigenvalue weighted by molar-refractivity contribution is 0.0453. The predicted molar refractivity (Wildman–Crippen MR) is 97.9 cm³/mol. The summed E-state index contributed by atoms with van der Waals surface area (Å²) in [7, 11) is 0. The van der Waals surface area contributed by atoms with Gasteiger partial charge in [0.25, 0.3) is 0 Å². The Hall–Kier alpha value is -2.70. The second kappa shape index (κ2) is 6.55. The van der Waals surface area contributed by atoms with Crippen LogP contribution in [0.2, 0.25) is 0 Å². The van der Waals surface area contributed by atoms with Crippen LogP contribution in [0.3, 0.4) is 0 Å². The number of H-pyrrole nitrogens is 1. The second-order valence-corrected chi connectivity index (χ2v) is 7.30. The van der Waals surface area contributed by atoms with Crippen LogP contribution in [-0.2, 0) is 11.3 Å². The molecule has 3 N–H and O–H groups in total. The second-order valence-electron chi connectivity index (χ2n) is 7.30. The number of likely N-dealkylation sites (tertiary alicyclic amines) is 1. The number of aromatic amines is 1. The number of carbonyl (C=O) groups is 2. The zero-order valence-corrected chi connectivity index (χ0v) is 14.9. The first-order valence-corrected chi connectivity index (χ1v) is 9.11. The molecule has 3 heterocycles. The van der Waals surface area contributed by atoms with E-state index in [0.29, 0.717) is 32.6 Å². The number of nitrogens with one attached hydrogen (secondary N) is 3. The van der Waals surface area contributed by atoms with Crippen molar-refractivity contribution in [2.45, 2.75) is 38.3 Å².